The van der Waals surface area contributed by atoms with Crippen LogP contribution >= 0.6 is 0 Å². The highest BCUT2D eigenvalue weighted by Crippen LogP contribution is 2.17. The summed E-state index contributed by atoms with van der Waals surface area (Å²) in [6.07, 6.45) is 3.73. The molecule has 0 radical (unpaired) electrons. The van der Waals surface area contributed by atoms with E-state index in [0.717, 1.165) is 16.9 Å². The molecular formula is C15H18N6O. The molecule has 0 fully saturated rings. The molecule has 22 heavy (non-hydrogen) atoms. The van der Waals surface area contributed by atoms with Gasteiger partial charge in [0.15, 0.2) is 5.82 Å². The van der Waals surface area contributed by atoms with E-state index in [0.29, 0.717) is 18.3 Å². The largest absolute Gasteiger partial charge is 0.497 e. The number of methoxy groups -OCH3 is 1. The number of ether oxygens (including phenoxy) is 1. The lowest BCUT2D eigenvalue weighted by atomic mass is 10.2. The summed E-state index contributed by atoms with van der Waals surface area (Å²) in [5, 5.41) is 11.4. The summed E-state index contributed by atoms with van der Waals surface area (Å²) >= 11 is 0. The molecule has 3 rings (SSSR count). The zero-order valence-corrected chi connectivity index (χ0v) is 12.8. The lowest BCUT2D eigenvalue weighted by Gasteiger charge is -2.03. The number of hydrogen-bond acceptors (Lipinski definition) is 5. The Bertz CT molecular complexity index is 743. The maximum Gasteiger partial charge on any atom is 0.244 e. The molecule has 0 bridgehead atoms. The number of H-pyrrole nitrogens is 1. The molecule has 0 spiro atoms. The van der Waals surface area contributed by atoms with Crippen molar-refractivity contribution in [3.8, 4) is 17.1 Å². The molecule has 2 aromatic heterocycles. The summed E-state index contributed by atoms with van der Waals surface area (Å²) in [5.74, 6) is 2.21. The lowest BCUT2D eigenvalue weighted by Crippen LogP contribution is -2.10. The number of aromatic amines is 1. The number of rotatable bonds is 5. The van der Waals surface area contributed by atoms with Crippen LogP contribution in [0, 0.1) is 0 Å². The first-order valence-electron chi connectivity index (χ1n) is 6.91. The topological polar surface area (TPSA) is 71.9 Å². The van der Waals surface area contributed by atoms with Gasteiger partial charge in [-0.2, -0.15) is 10.1 Å². The van der Waals surface area contributed by atoms with Crippen molar-refractivity contribution in [2.75, 3.05) is 26.1 Å². The number of nitrogens with one attached hydrogen (secondary N) is 1. The van der Waals surface area contributed by atoms with Crippen molar-refractivity contribution in [1.29, 1.82) is 0 Å². The fourth-order valence-corrected chi connectivity index (χ4v) is 2.07. The molecule has 0 saturated carbocycles. The fourth-order valence-electron chi connectivity index (χ4n) is 2.07. The van der Waals surface area contributed by atoms with Gasteiger partial charge in [0, 0.05) is 20.3 Å². The average Bonchev–Trinajstić information content (AvgIpc) is 3.16. The van der Waals surface area contributed by atoms with Gasteiger partial charge in [-0.25, -0.2) is 0 Å². The first-order chi connectivity index (χ1) is 10.7. The van der Waals surface area contributed by atoms with E-state index in [4.69, 9.17) is 4.74 Å². The molecule has 0 aliphatic rings. The minimum absolute atomic E-state index is 0.651. The van der Waals surface area contributed by atoms with Crippen LogP contribution in [-0.2, 0) is 6.54 Å². The Morgan fingerprint density at radius 1 is 1.23 bits per heavy atom. The second kappa shape index (κ2) is 5.88. The Kier molecular flexibility index (Phi) is 3.78. The molecule has 0 aliphatic carbocycles. The zero-order valence-electron chi connectivity index (χ0n) is 12.8. The van der Waals surface area contributed by atoms with Crippen LogP contribution in [0.4, 0.5) is 5.95 Å². The van der Waals surface area contributed by atoms with Crippen LogP contribution in [0.1, 0.15) is 5.56 Å². The highest BCUT2D eigenvalue weighted by atomic mass is 16.5. The van der Waals surface area contributed by atoms with E-state index < -0.39 is 0 Å². The molecule has 0 aliphatic heterocycles. The quantitative estimate of drug-likeness (QED) is 0.777. The van der Waals surface area contributed by atoms with E-state index in [1.807, 2.05) is 54.1 Å². The molecule has 3 aromatic rings. The maximum absolute atomic E-state index is 5.16. The lowest BCUT2D eigenvalue weighted by molar-refractivity contribution is 0.414. The van der Waals surface area contributed by atoms with Gasteiger partial charge >= 0.3 is 0 Å². The van der Waals surface area contributed by atoms with Crippen LogP contribution in [0.3, 0.4) is 0 Å². The number of nitrogens with zero attached hydrogens (tertiary/aromatic N) is 5. The zero-order chi connectivity index (χ0) is 15.5. The van der Waals surface area contributed by atoms with Crippen LogP contribution in [0.15, 0.2) is 36.7 Å². The van der Waals surface area contributed by atoms with E-state index in [1.54, 1.807) is 13.3 Å². The number of benzene rings is 1. The Morgan fingerprint density at radius 3 is 2.64 bits per heavy atom. The van der Waals surface area contributed by atoms with Crippen LogP contribution in [-0.4, -0.2) is 46.2 Å². The fraction of sp³-hybridized carbons (Fsp3) is 0.267. The standard InChI is InChI=1S/C15H18N6O/c1-20(2)15-17-14(18-19-15)12-8-16-21(10-12)9-11-4-6-13(22-3)7-5-11/h4-8,10H,9H2,1-3H3,(H,17,18,19). The van der Waals surface area contributed by atoms with Gasteiger partial charge in [-0.15, -0.1) is 5.10 Å². The predicted molar refractivity (Wildman–Crippen MR) is 84.0 cm³/mol. The van der Waals surface area contributed by atoms with Gasteiger partial charge in [0.2, 0.25) is 5.95 Å². The molecule has 0 saturated heterocycles. The monoisotopic (exact) mass is 298 g/mol. The maximum atomic E-state index is 5.16. The van der Waals surface area contributed by atoms with E-state index in [2.05, 4.69) is 20.3 Å². The molecule has 7 heteroatoms. The summed E-state index contributed by atoms with van der Waals surface area (Å²) in [7, 11) is 5.47. The molecule has 1 aromatic carbocycles. The smallest absolute Gasteiger partial charge is 0.244 e. The van der Waals surface area contributed by atoms with Gasteiger partial charge in [-0.1, -0.05) is 12.1 Å². The molecule has 0 amide bonds. The summed E-state index contributed by atoms with van der Waals surface area (Å²) in [6, 6.07) is 7.94. The van der Waals surface area contributed by atoms with Crippen LogP contribution < -0.4 is 9.64 Å². The second-order valence-electron chi connectivity index (χ2n) is 5.15. The second-order valence-corrected chi connectivity index (χ2v) is 5.15. The molecule has 2 heterocycles. The van der Waals surface area contributed by atoms with E-state index in [1.165, 1.54) is 0 Å². The van der Waals surface area contributed by atoms with Gasteiger partial charge < -0.3 is 9.64 Å². The number of aromatic nitrogens is 5. The predicted octanol–water partition coefficient (Wildman–Crippen LogP) is 1.79. The third kappa shape index (κ3) is 2.93. The Labute approximate surface area is 128 Å². The van der Waals surface area contributed by atoms with Crippen molar-refractivity contribution in [1.82, 2.24) is 25.0 Å². The molecule has 114 valence electrons. The van der Waals surface area contributed by atoms with E-state index >= 15 is 0 Å². The third-order valence-electron chi connectivity index (χ3n) is 3.28. The average molecular weight is 298 g/mol. The van der Waals surface area contributed by atoms with Crippen LogP contribution in [0.5, 0.6) is 5.75 Å². The Morgan fingerprint density at radius 2 is 2.00 bits per heavy atom. The van der Waals surface area contributed by atoms with E-state index in [-0.39, 0.29) is 0 Å². The molecule has 0 atom stereocenters. The molecule has 1 N–H and O–H groups in total. The minimum Gasteiger partial charge on any atom is -0.497 e. The van der Waals surface area contributed by atoms with Crippen molar-refractivity contribution in [3.05, 3.63) is 42.2 Å². The summed E-state index contributed by atoms with van der Waals surface area (Å²) < 4.78 is 7.03. The molecule has 0 unspecified atom stereocenters. The Hall–Kier alpha value is -2.83. The van der Waals surface area contributed by atoms with Gasteiger partial charge in [-0.3, -0.25) is 9.78 Å². The molecule has 7 nitrogen and oxygen atoms in total. The summed E-state index contributed by atoms with van der Waals surface area (Å²) in [4.78, 5) is 6.26. The van der Waals surface area contributed by atoms with Gasteiger partial charge in [0.25, 0.3) is 0 Å². The normalized spacial score (nSPS) is 10.7. The molecular weight excluding hydrogens is 280 g/mol. The van der Waals surface area contributed by atoms with Crippen molar-refractivity contribution in [3.63, 3.8) is 0 Å². The van der Waals surface area contributed by atoms with Gasteiger partial charge in [0.1, 0.15) is 5.75 Å². The first-order valence-corrected chi connectivity index (χ1v) is 6.91. The highest BCUT2D eigenvalue weighted by molar-refractivity contribution is 5.53. The van der Waals surface area contributed by atoms with Crippen molar-refractivity contribution >= 4 is 5.95 Å². The van der Waals surface area contributed by atoms with Gasteiger partial charge in [0.05, 0.1) is 25.4 Å². The number of hydrogen-bond donors (Lipinski definition) is 1. The third-order valence-corrected chi connectivity index (χ3v) is 3.28. The highest BCUT2D eigenvalue weighted by Gasteiger charge is 2.09. The Balaban J connectivity index is 1.74. The number of anilines is 1. The van der Waals surface area contributed by atoms with Crippen molar-refractivity contribution < 1.29 is 4.74 Å². The minimum atomic E-state index is 0.651. The van der Waals surface area contributed by atoms with Crippen molar-refractivity contribution in [2.45, 2.75) is 6.54 Å². The van der Waals surface area contributed by atoms with Crippen molar-refractivity contribution in [2.24, 2.45) is 0 Å². The van der Waals surface area contributed by atoms with E-state index in [9.17, 15) is 0 Å². The van der Waals surface area contributed by atoms with Crippen LogP contribution in [0.25, 0.3) is 11.4 Å². The SMILES string of the molecule is COc1ccc(Cn2cc(-c3nc(N(C)C)n[nH]3)cn2)cc1. The summed E-state index contributed by atoms with van der Waals surface area (Å²) in [6.45, 7) is 0.693. The van der Waals surface area contributed by atoms with Crippen LogP contribution in [0.2, 0.25) is 0 Å². The first kappa shape index (κ1) is 14.1. The van der Waals surface area contributed by atoms with Gasteiger partial charge in [-0.05, 0) is 17.7 Å². The summed E-state index contributed by atoms with van der Waals surface area (Å²) in [5.41, 5.74) is 2.07.